The van der Waals surface area contributed by atoms with Gasteiger partial charge in [-0.25, -0.2) is 0 Å². The molecule has 0 N–H and O–H groups in total. The zero-order valence-electron chi connectivity index (χ0n) is 10.8. The summed E-state index contributed by atoms with van der Waals surface area (Å²) in [5.74, 6) is 1.00. The predicted molar refractivity (Wildman–Crippen MR) is 71.7 cm³/mol. The Labute approximate surface area is 107 Å². The van der Waals surface area contributed by atoms with Gasteiger partial charge in [0.2, 0.25) is 5.91 Å². The number of carbonyl (C=O) groups excluding carboxylic acids is 1. The average molecular weight is 253 g/mol. The summed E-state index contributed by atoms with van der Waals surface area (Å²) in [5.41, 5.74) is 1.00. The molecule has 1 amide bonds. The number of thiol groups is 1. The van der Waals surface area contributed by atoms with Crippen LogP contribution in [0.2, 0.25) is 0 Å². The fourth-order valence-corrected chi connectivity index (χ4v) is 2.31. The Morgan fingerprint density at radius 3 is 2.53 bits per heavy atom. The Morgan fingerprint density at radius 2 is 2.12 bits per heavy atom. The van der Waals surface area contributed by atoms with Gasteiger partial charge >= 0.3 is 0 Å². The van der Waals surface area contributed by atoms with Crippen molar-refractivity contribution in [2.75, 3.05) is 11.4 Å². The standard InChI is InChI=1S/C12H19N3OS/c1-12(2,3)9-6-10(14(4)13-9)15-7-8(17)5-11(15)16/h6,8,17H,5,7H2,1-4H3. The molecule has 0 radical (unpaired) electrons. The molecule has 2 rings (SSSR count). The van der Waals surface area contributed by atoms with Crippen molar-refractivity contribution in [2.24, 2.45) is 7.05 Å². The number of hydrogen-bond acceptors (Lipinski definition) is 3. The molecular weight excluding hydrogens is 234 g/mol. The molecule has 0 aliphatic carbocycles. The second-order valence-electron chi connectivity index (χ2n) is 5.62. The molecule has 1 aromatic rings. The van der Waals surface area contributed by atoms with Crippen LogP contribution in [-0.4, -0.2) is 27.5 Å². The summed E-state index contributed by atoms with van der Waals surface area (Å²) in [6, 6.07) is 2.00. The fourth-order valence-electron chi connectivity index (χ4n) is 1.99. The van der Waals surface area contributed by atoms with Crippen LogP contribution in [0.3, 0.4) is 0 Å². The molecule has 5 heteroatoms. The van der Waals surface area contributed by atoms with E-state index in [1.54, 1.807) is 9.58 Å². The first-order valence-electron chi connectivity index (χ1n) is 5.82. The molecule has 2 heterocycles. The van der Waals surface area contributed by atoms with Gasteiger partial charge in [0.15, 0.2) is 0 Å². The van der Waals surface area contributed by atoms with Gasteiger partial charge in [-0.2, -0.15) is 17.7 Å². The molecule has 1 aromatic heterocycles. The topological polar surface area (TPSA) is 38.1 Å². The molecule has 1 atom stereocenters. The van der Waals surface area contributed by atoms with E-state index in [9.17, 15) is 4.79 Å². The molecule has 0 spiro atoms. The summed E-state index contributed by atoms with van der Waals surface area (Å²) in [5, 5.41) is 4.62. The first-order chi connectivity index (χ1) is 7.79. The van der Waals surface area contributed by atoms with Crippen LogP contribution >= 0.6 is 12.6 Å². The minimum Gasteiger partial charge on any atom is -0.296 e. The quantitative estimate of drug-likeness (QED) is 0.774. The molecule has 1 saturated heterocycles. The summed E-state index contributed by atoms with van der Waals surface area (Å²) in [7, 11) is 1.88. The maximum absolute atomic E-state index is 11.8. The third kappa shape index (κ3) is 2.34. The van der Waals surface area contributed by atoms with Gasteiger partial charge in [0, 0.05) is 36.7 Å². The van der Waals surface area contributed by atoms with Crippen LogP contribution in [0.5, 0.6) is 0 Å². The van der Waals surface area contributed by atoms with E-state index in [1.165, 1.54) is 0 Å². The van der Waals surface area contributed by atoms with Gasteiger partial charge in [-0.05, 0) is 0 Å². The Morgan fingerprint density at radius 1 is 1.47 bits per heavy atom. The van der Waals surface area contributed by atoms with E-state index in [4.69, 9.17) is 0 Å². The Bertz CT molecular complexity index is 447. The van der Waals surface area contributed by atoms with E-state index in [0.717, 1.165) is 11.5 Å². The van der Waals surface area contributed by atoms with E-state index in [1.807, 2.05) is 13.1 Å². The number of hydrogen-bond donors (Lipinski definition) is 1. The van der Waals surface area contributed by atoms with Gasteiger partial charge in [-0.3, -0.25) is 14.4 Å². The fraction of sp³-hybridized carbons (Fsp3) is 0.667. The second-order valence-corrected chi connectivity index (χ2v) is 6.35. The molecule has 0 aromatic carbocycles. The van der Waals surface area contributed by atoms with E-state index in [0.29, 0.717) is 13.0 Å². The maximum atomic E-state index is 11.8. The zero-order valence-corrected chi connectivity index (χ0v) is 11.7. The molecule has 17 heavy (non-hydrogen) atoms. The zero-order chi connectivity index (χ0) is 12.8. The van der Waals surface area contributed by atoms with E-state index in [-0.39, 0.29) is 16.6 Å². The van der Waals surface area contributed by atoms with Crippen molar-refractivity contribution < 1.29 is 4.79 Å². The SMILES string of the molecule is Cn1nc(C(C)(C)C)cc1N1CC(S)CC1=O. The number of amides is 1. The van der Waals surface area contributed by atoms with Gasteiger partial charge < -0.3 is 0 Å². The lowest BCUT2D eigenvalue weighted by atomic mass is 9.92. The summed E-state index contributed by atoms with van der Waals surface area (Å²) in [6.45, 7) is 7.02. The van der Waals surface area contributed by atoms with Crippen LogP contribution in [0.4, 0.5) is 5.82 Å². The largest absolute Gasteiger partial charge is 0.296 e. The van der Waals surface area contributed by atoms with Crippen LogP contribution in [-0.2, 0) is 17.3 Å². The Hall–Kier alpha value is -0.970. The van der Waals surface area contributed by atoms with Crippen molar-refractivity contribution in [3.63, 3.8) is 0 Å². The molecule has 0 bridgehead atoms. The highest BCUT2D eigenvalue weighted by Crippen LogP contribution is 2.28. The first-order valence-corrected chi connectivity index (χ1v) is 6.33. The molecule has 1 fully saturated rings. The molecular formula is C12H19N3OS. The minimum atomic E-state index is -0.000845. The van der Waals surface area contributed by atoms with Gasteiger partial charge in [0.1, 0.15) is 5.82 Å². The smallest absolute Gasteiger partial charge is 0.229 e. The molecule has 4 nitrogen and oxygen atoms in total. The van der Waals surface area contributed by atoms with Gasteiger partial charge in [0.25, 0.3) is 0 Å². The predicted octanol–water partition coefficient (Wildman–Crippen LogP) is 1.75. The molecule has 94 valence electrons. The molecule has 1 aliphatic heterocycles. The summed E-state index contributed by atoms with van der Waals surface area (Å²) in [4.78, 5) is 13.6. The molecule has 1 aliphatic rings. The van der Waals surface area contributed by atoms with E-state index < -0.39 is 0 Å². The second kappa shape index (κ2) is 4.05. The maximum Gasteiger partial charge on any atom is 0.229 e. The van der Waals surface area contributed by atoms with Crippen LogP contribution in [0, 0.1) is 0 Å². The summed E-state index contributed by atoms with van der Waals surface area (Å²) < 4.78 is 1.78. The van der Waals surface area contributed by atoms with Crippen LogP contribution in [0.15, 0.2) is 6.07 Å². The Kier molecular flexibility index (Phi) is 2.97. The normalized spacial score (nSPS) is 21.4. The van der Waals surface area contributed by atoms with Crippen LogP contribution in [0.25, 0.3) is 0 Å². The number of aromatic nitrogens is 2. The van der Waals surface area contributed by atoms with Crippen LogP contribution < -0.4 is 4.90 Å². The van der Waals surface area contributed by atoms with Crippen LogP contribution in [0.1, 0.15) is 32.9 Å². The Balaban J connectivity index is 2.34. The van der Waals surface area contributed by atoms with Crippen molar-refractivity contribution >= 4 is 24.4 Å². The highest BCUT2D eigenvalue weighted by atomic mass is 32.1. The number of rotatable bonds is 1. The van der Waals surface area contributed by atoms with Gasteiger partial charge in [-0.1, -0.05) is 20.8 Å². The third-order valence-corrected chi connectivity index (χ3v) is 3.35. The summed E-state index contributed by atoms with van der Waals surface area (Å²) >= 11 is 4.37. The highest BCUT2D eigenvalue weighted by molar-refractivity contribution is 7.81. The lowest BCUT2D eigenvalue weighted by Gasteiger charge is -2.15. The summed E-state index contributed by atoms with van der Waals surface area (Å²) in [6.07, 6.45) is 0.513. The van der Waals surface area contributed by atoms with Crippen molar-refractivity contribution in [2.45, 2.75) is 37.9 Å². The molecule has 1 unspecified atom stereocenters. The van der Waals surface area contributed by atoms with E-state index >= 15 is 0 Å². The van der Waals surface area contributed by atoms with Crippen molar-refractivity contribution in [3.05, 3.63) is 11.8 Å². The molecule has 0 saturated carbocycles. The number of nitrogens with zero attached hydrogens (tertiary/aromatic N) is 3. The average Bonchev–Trinajstić information content (AvgIpc) is 2.68. The lowest BCUT2D eigenvalue weighted by molar-refractivity contribution is -0.117. The van der Waals surface area contributed by atoms with Gasteiger partial charge in [0.05, 0.1) is 5.69 Å². The minimum absolute atomic E-state index is 0.000845. The number of carbonyl (C=O) groups is 1. The van der Waals surface area contributed by atoms with E-state index in [2.05, 4.69) is 38.5 Å². The third-order valence-electron chi connectivity index (χ3n) is 3.00. The van der Waals surface area contributed by atoms with Crippen molar-refractivity contribution in [3.8, 4) is 0 Å². The highest BCUT2D eigenvalue weighted by Gasteiger charge is 2.31. The number of anilines is 1. The van der Waals surface area contributed by atoms with Crippen molar-refractivity contribution in [1.29, 1.82) is 0 Å². The van der Waals surface area contributed by atoms with Gasteiger partial charge in [-0.15, -0.1) is 0 Å². The monoisotopic (exact) mass is 253 g/mol. The van der Waals surface area contributed by atoms with Crippen molar-refractivity contribution in [1.82, 2.24) is 9.78 Å². The lowest BCUT2D eigenvalue weighted by Crippen LogP contribution is -2.26. The first kappa shape index (κ1) is 12.5. The number of aryl methyl sites for hydroxylation is 1.